The minimum Gasteiger partial charge on any atom is -0.485 e. The normalized spacial score (nSPS) is 12.4. The van der Waals surface area contributed by atoms with Crippen molar-refractivity contribution in [3.8, 4) is 17.0 Å². The molecule has 2 N–H and O–H groups in total. The number of aliphatic hydroxyl groups is 1. The van der Waals surface area contributed by atoms with Crippen molar-refractivity contribution in [3.63, 3.8) is 0 Å². The van der Waals surface area contributed by atoms with Gasteiger partial charge in [0.05, 0.1) is 22.7 Å². The molecule has 1 heterocycles. The Bertz CT molecular complexity index is 1450. The van der Waals surface area contributed by atoms with Crippen molar-refractivity contribution in [2.24, 2.45) is 0 Å². The van der Waals surface area contributed by atoms with Gasteiger partial charge in [-0.05, 0) is 55.3 Å². The predicted octanol–water partition coefficient (Wildman–Crippen LogP) is 4.96. The fraction of sp³-hybridized carbons (Fsp3) is 0.250. The molecule has 1 unspecified atom stereocenters. The Morgan fingerprint density at radius 1 is 1.00 bits per heavy atom. The van der Waals surface area contributed by atoms with Crippen LogP contribution in [-0.2, 0) is 20.7 Å². The first kappa shape index (κ1) is 25.6. The van der Waals surface area contributed by atoms with Gasteiger partial charge in [0.15, 0.2) is 0 Å². The Balaban J connectivity index is 1.52. The van der Waals surface area contributed by atoms with Crippen molar-refractivity contribution >= 4 is 26.7 Å². The number of anilines is 1. The molecule has 4 aromatic rings. The van der Waals surface area contributed by atoms with Crippen molar-refractivity contribution in [3.05, 3.63) is 83.9 Å². The summed E-state index contributed by atoms with van der Waals surface area (Å²) < 4.78 is 36.0. The molecule has 0 radical (unpaired) electrons. The van der Waals surface area contributed by atoms with Gasteiger partial charge in [-0.25, -0.2) is 4.98 Å². The maximum absolute atomic E-state index is 12.5. The lowest BCUT2D eigenvalue weighted by molar-refractivity contribution is 0.0742. The number of aryl methyl sites for hydroxylation is 2. The van der Waals surface area contributed by atoms with E-state index < -0.39 is 22.8 Å². The Hall–Kier alpha value is -3.46. The molecule has 0 amide bonds. The van der Waals surface area contributed by atoms with Crippen LogP contribution >= 0.6 is 0 Å². The van der Waals surface area contributed by atoms with Crippen LogP contribution < -0.4 is 10.1 Å². The van der Waals surface area contributed by atoms with Crippen LogP contribution in [0.2, 0.25) is 0 Å². The van der Waals surface area contributed by atoms with Crippen LogP contribution in [0.4, 0.5) is 5.69 Å². The minimum atomic E-state index is -3.97. The topological polar surface area (TPSA) is 97.8 Å². The fourth-order valence-corrected chi connectivity index (χ4v) is 4.75. The summed E-state index contributed by atoms with van der Waals surface area (Å²) >= 11 is 0. The highest BCUT2D eigenvalue weighted by Crippen LogP contribution is 2.30. The van der Waals surface area contributed by atoms with E-state index in [9.17, 15) is 13.5 Å². The summed E-state index contributed by atoms with van der Waals surface area (Å²) in [5.74, 6) is 0.456. The number of ether oxygens (including phenoxy) is 1. The van der Waals surface area contributed by atoms with Gasteiger partial charge < -0.3 is 15.2 Å². The van der Waals surface area contributed by atoms with Gasteiger partial charge in [-0.3, -0.25) is 4.18 Å². The average molecular weight is 507 g/mol. The zero-order valence-corrected chi connectivity index (χ0v) is 21.4. The third kappa shape index (κ3) is 5.84. The highest BCUT2D eigenvalue weighted by atomic mass is 32.2. The van der Waals surface area contributed by atoms with Crippen LogP contribution in [0.3, 0.4) is 0 Å². The van der Waals surface area contributed by atoms with E-state index in [0.29, 0.717) is 5.75 Å². The van der Waals surface area contributed by atoms with Crippen molar-refractivity contribution in [1.29, 1.82) is 0 Å². The molecule has 0 aliphatic rings. The minimum absolute atomic E-state index is 0.0557. The quantitative estimate of drug-likeness (QED) is 0.293. The molecule has 7 nitrogen and oxygen atoms in total. The molecule has 4 rings (SSSR count). The lowest BCUT2D eigenvalue weighted by Gasteiger charge is -2.17. The van der Waals surface area contributed by atoms with Crippen molar-refractivity contribution in [2.45, 2.75) is 31.3 Å². The smallest absolute Gasteiger partial charge is 0.297 e. The highest BCUT2D eigenvalue weighted by Gasteiger charge is 2.19. The molecule has 3 aromatic carbocycles. The summed E-state index contributed by atoms with van der Waals surface area (Å²) in [5.41, 5.74) is 5.71. The summed E-state index contributed by atoms with van der Waals surface area (Å²) in [6.45, 7) is 3.25. The highest BCUT2D eigenvalue weighted by molar-refractivity contribution is 7.86. The molecule has 36 heavy (non-hydrogen) atoms. The molecule has 0 spiro atoms. The number of benzene rings is 3. The van der Waals surface area contributed by atoms with Crippen LogP contribution in [0.5, 0.6) is 5.75 Å². The first-order chi connectivity index (χ1) is 17.3. The van der Waals surface area contributed by atoms with E-state index in [-0.39, 0.29) is 11.5 Å². The summed E-state index contributed by atoms with van der Waals surface area (Å²) in [6, 6.07) is 22.0. The number of pyridine rings is 1. The second-order valence-corrected chi connectivity index (χ2v) is 10.1. The van der Waals surface area contributed by atoms with E-state index in [4.69, 9.17) is 13.9 Å². The maximum Gasteiger partial charge on any atom is 0.297 e. The van der Waals surface area contributed by atoms with Gasteiger partial charge in [-0.1, -0.05) is 42.8 Å². The number of hydrogen-bond donors (Lipinski definition) is 2. The number of aromatic nitrogens is 1. The summed E-state index contributed by atoms with van der Waals surface area (Å²) in [5, 5.41) is 14.0. The lowest BCUT2D eigenvalue weighted by atomic mass is 10.0. The largest absolute Gasteiger partial charge is 0.485 e. The van der Waals surface area contributed by atoms with Crippen LogP contribution in [0.25, 0.3) is 22.2 Å². The van der Waals surface area contributed by atoms with Crippen LogP contribution in [0, 0.1) is 6.92 Å². The Morgan fingerprint density at radius 2 is 1.75 bits per heavy atom. The molecule has 1 aromatic heterocycles. The molecular weight excluding hydrogens is 476 g/mol. The molecule has 0 aliphatic carbocycles. The van der Waals surface area contributed by atoms with Crippen molar-refractivity contribution < 1.29 is 22.4 Å². The number of fused-ring (bicyclic) bond motifs is 1. The Labute approximate surface area is 211 Å². The third-order valence-corrected chi connectivity index (χ3v) is 7.22. The van der Waals surface area contributed by atoms with Gasteiger partial charge in [-0.2, -0.15) is 8.42 Å². The number of nitrogens with zero attached hydrogens (tertiary/aromatic N) is 1. The first-order valence-corrected chi connectivity index (χ1v) is 13.2. The molecule has 0 aliphatic heterocycles. The molecule has 0 fully saturated rings. The van der Waals surface area contributed by atoms with Gasteiger partial charge in [0.1, 0.15) is 18.5 Å². The number of rotatable bonds is 10. The molecule has 1 atom stereocenters. The van der Waals surface area contributed by atoms with Crippen LogP contribution in [0.1, 0.15) is 18.1 Å². The van der Waals surface area contributed by atoms with E-state index in [1.165, 1.54) is 17.7 Å². The molecule has 0 bridgehead atoms. The standard InChI is InChI=1S/C28H30N2O5S/c1-4-20-7-13-25(28(15-20)29-3)26-14-9-21-8-10-22(16-27(21)30-26)35-23(17-31)18-34-36(32,33)24-11-5-19(2)6-12-24/h5-16,23,29,31H,4,17-18H2,1-3H3. The van der Waals surface area contributed by atoms with E-state index in [0.717, 1.165) is 39.8 Å². The van der Waals surface area contributed by atoms with Gasteiger partial charge in [0, 0.05) is 29.8 Å². The van der Waals surface area contributed by atoms with Gasteiger partial charge in [-0.15, -0.1) is 0 Å². The van der Waals surface area contributed by atoms with Crippen molar-refractivity contribution in [2.75, 3.05) is 25.6 Å². The number of aliphatic hydroxyl groups excluding tert-OH is 1. The van der Waals surface area contributed by atoms with Crippen LogP contribution in [-0.4, -0.2) is 44.9 Å². The van der Waals surface area contributed by atoms with Gasteiger partial charge >= 0.3 is 0 Å². The average Bonchev–Trinajstić information content (AvgIpc) is 2.90. The summed E-state index contributed by atoms with van der Waals surface area (Å²) in [7, 11) is -2.08. The maximum atomic E-state index is 12.5. The lowest BCUT2D eigenvalue weighted by Crippen LogP contribution is -2.28. The number of nitrogens with one attached hydrogen (secondary N) is 1. The van der Waals surface area contributed by atoms with Crippen molar-refractivity contribution in [1.82, 2.24) is 4.98 Å². The SMILES string of the molecule is CCc1ccc(-c2ccc3ccc(OC(CO)COS(=O)(=O)c4ccc(C)cc4)cc3n2)c(NC)c1. The zero-order valence-electron chi connectivity index (χ0n) is 20.6. The van der Waals surface area contributed by atoms with Gasteiger partial charge in [0.2, 0.25) is 0 Å². The van der Waals surface area contributed by atoms with E-state index >= 15 is 0 Å². The molecule has 0 saturated carbocycles. The second-order valence-electron chi connectivity index (χ2n) is 8.51. The third-order valence-electron chi connectivity index (χ3n) is 5.93. The van der Waals surface area contributed by atoms with Crippen LogP contribution in [0.15, 0.2) is 77.7 Å². The monoisotopic (exact) mass is 506 g/mol. The molecule has 8 heteroatoms. The van der Waals surface area contributed by atoms with E-state index in [2.05, 4.69) is 30.4 Å². The van der Waals surface area contributed by atoms with Gasteiger partial charge in [0.25, 0.3) is 10.1 Å². The molecule has 0 saturated heterocycles. The predicted molar refractivity (Wildman–Crippen MR) is 142 cm³/mol. The first-order valence-electron chi connectivity index (χ1n) is 11.8. The Morgan fingerprint density at radius 3 is 2.44 bits per heavy atom. The fourth-order valence-electron chi connectivity index (χ4n) is 3.82. The molecular formula is C28H30N2O5S. The zero-order chi connectivity index (χ0) is 25.7. The summed E-state index contributed by atoms with van der Waals surface area (Å²) in [6.07, 6.45) is 0.0754. The number of hydrogen-bond acceptors (Lipinski definition) is 7. The Kier molecular flexibility index (Phi) is 7.88. The molecule has 188 valence electrons. The summed E-state index contributed by atoms with van der Waals surface area (Å²) in [4.78, 5) is 4.88. The van der Waals surface area contributed by atoms with E-state index in [1.54, 1.807) is 24.3 Å². The second kappa shape index (κ2) is 11.1. The van der Waals surface area contributed by atoms with E-state index in [1.807, 2.05) is 32.2 Å².